The number of carbonyl (C=O) groups is 1. The molecule has 0 spiro atoms. The van der Waals surface area contributed by atoms with Crippen molar-refractivity contribution in [3.05, 3.63) is 65.7 Å². The van der Waals surface area contributed by atoms with Gasteiger partial charge in [-0.1, -0.05) is 42.8 Å². The summed E-state index contributed by atoms with van der Waals surface area (Å²) in [6.07, 6.45) is 6.57. The van der Waals surface area contributed by atoms with E-state index in [1.54, 1.807) is 24.3 Å². The predicted molar refractivity (Wildman–Crippen MR) is 118 cm³/mol. The SMILES string of the molecule is COc1ccc(/C=C/C(=O)NCCc2ccccc2)cc1S(=O)(=O)N1CCCCC1. The number of ether oxygens (including phenoxy) is 1. The van der Waals surface area contributed by atoms with Crippen molar-refractivity contribution in [1.29, 1.82) is 0 Å². The van der Waals surface area contributed by atoms with Crippen LogP contribution in [0.15, 0.2) is 59.5 Å². The fourth-order valence-electron chi connectivity index (χ4n) is 3.45. The summed E-state index contributed by atoms with van der Waals surface area (Å²) in [5.74, 6) is 0.0900. The van der Waals surface area contributed by atoms with E-state index in [0.717, 1.165) is 31.2 Å². The van der Waals surface area contributed by atoms with E-state index < -0.39 is 10.0 Å². The Morgan fingerprint density at radius 1 is 1.10 bits per heavy atom. The molecule has 0 atom stereocenters. The maximum Gasteiger partial charge on any atom is 0.246 e. The maximum absolute atomic E-state index is 13.1. The third kappa shape index (κ3) is 5.70. The normalized spacial score (nSPS) is 15.2. The van der Waals surface area contributed by atoms with Crippen molar-refractivity contribution in [3.63, 3.8) is 0 Å². The van der Waals surface area contributed by atoms with E-state index in [4.69, 9.17) is 4.74 Å². The molecule has 6 nitrogen and oxygen atoms in total. The molecule has 1 aliphatic heterocycles. The number of hydrogen-bond acceptors (Lipinski definition) is 4. The van der Waals surface area contributed by atoms with E-state index in [1.165, 1.54) is 17.5 Å². The van der Waals surface area contributed by atoms with Gasteiger partial charge in [-0.05, 0) is 48.6 Å². The summed E-state index contributed by atoms with van der Waals surface area (Å²) in [5, 5.41) is 2.84. The van der Waals surface area contributed by atoms with Gasteiger partial charge in [-0.3, -0.25) is 4.79 Å². The monoisotopic (exact) mass is 428 g/mol. The largest absolute Gasteiger partial charge is 0.495 e. The van der Waals surface area contributed by atoms with Crippen LogP contribution in [0.2, 0.25) is 0 Å². The van der Waals surface area contributed by atoms with Crippen LogP contribution < -0.4 is 10.1 Å². The molecule has 1 heterocycles. The molecule has 0 unspecified atom stereocenters. The second kappa shape index (κ2) is 10.4. The summed E-state index contributed by atoms with van der Waals surface area (Å²) in [5.41, 5.74) is 1.79. The Kier molecular flexibility index (Phi) is 7.65. The van der Waals surface area contributed by atoms with E-state index in [1.807, 2.05) is 30.3 Å². The van der Waals surface area contributed by atoms with Crippen LogP contribution in [-0.4, -0.2) is 45.4 Å². The Morgan fingerprint density at radius 3 is 2.53 bits per heavy atom. The first-order valence-electron chi connectivity index (χ1n) is 10.2. The molecule has 7 heteroatoms. The molecule has 3 rings (SSSR count). The number of hydrogen-bond donors (Lipinski definition) is 1. The highest BCUT2D eigenvalue weighted by molar-refractivity contribution is 7.89. The highest BCUT2D eigenvalue weighted by atomic mass is 32.2. The Hall–Kier alpha value is -2.64. The summed E-state index contributed by atoms with van der Waals surface area (Å²) in [6, 6.07) is 14.9. The minimum atomic E-state index is -3.64. The second-order valence-corrected chi connectivity index (χ2v) is 9.14. The van der Waals surface area contributed by atoms with Crippen LogP contribution in [0.1, 0.15) is 30.4 Å². The Balaban J connectivity index is 1.67. The summed E-state index contributed by atoms with van der Waals surface area (Å²) in [6.45, 7) is 1.58. The molecule has 1 aliphatic rings. The van der Waals surface area contributed by atoms with Crippen molar-refractivity contribution >= 4 is 22.0 Å². The molecule has 1 N–H and O–H groups in total. The van der Waals surface area contributed by atoms with Crippen LogP contribution in [0.5, 0.6) is 5.75 Å². The maximum atomic E-state index is 13.1. The van der Waals surface area contributed by atoms with Crippen molar-refractivity contribution in [3.8, 4) is 5.75 Å². The quantitative estimate of drug-likeness (QED) is 0.655. The molecule has 160 valence electrons. The van der Waals surface area contributed by atoms with Crippen molar-refractivity contribution in [1.82, 2.24) is 9.62 Å². The molecule has 0 bridgehead atoms. The van der Waals surface area contributed by atoms with Gasteiger partial charge in [0.05, 0.1) is 7.11 Å². The van der Waals surface area contributed by atoms with Gasteiger partial charge in [-0.15, -0.1) is 0 Å². The summed E-state index contributed by atoms with van der Waals surface area (Å²) < 4.78 is 33.0. The van der Waals surface area contributed by atoms with E-state index in [9.17, 15) is 13.2 Å². The lowest BCUT2D eigenvalue weighted by atomic mass is 10.1. The second-order valence-electron chi connectivity index (χ2n) is 7.24. The topological polar surface area (TPSA) is 75.7 Å². The number of benzene rings is 2. The fourth-order valence-corrected chi connectivity index (χ4v) is 5.16. The molecule has 1 amide bonds. The molecule has 2 aromatic carbocycles. The third-order valence-electron chi connectivity index (χ3n) is 5.10. The summed E-state index contributed by atoms with van der Waals surface area (Å²) in [4.78, 5) is 12.2. The highest BCUT2D eigenvalue weighted by Crippen LogP contribution is 2.29. The smallest absolute Gasteiger partial charge is 0.246 e. The lowest BCUT2D eigenvalue weighted by molar-refractivity contribution is -0.116. The Bertz CT molecular complexity index is 982. The van der Waals surface area contributed by atoms with Crippen LogP contribution in [-0.2, 0) is 21.2 Å². The van der Waals surface area contributed by atoms with E-state index in [2.05, 4.69) is 5.32 Å². The lowest BCUT2D eigenvalue weighted by Crippen LogP contribution is -2.35. The first-order valence-corrected chi connectivity index (χ1v) is 11.6. The number of rotatable bonds is 8. The molecule has 30 heavy (non-hydrogen) atoms. The molecular weight excluding hydrogens is 400 g/mol. The van der Waals surface area contributed by atoms with Crippen molar-refractivity contribution in [2.24, 2.45) is 0 Å². The number of carbonyl (C=O) groups excluding carboxylic acids is 1. The van der Waals surface area contributed by atoms with Gasteiger partial charge >= 0.3 is 0 Å². The van der Waals surface area contributed by atoms with Crippen LogP contribution in [0.4, 0.5) is 0 Å². The van der Waals surface area contributed by atoms with Crippen molar-refractivity contribution in [2.75, 3.05) is 26.7 Å². The zero-order chi connectivity index (χ0) is 21.4. The zero-order valence-electron chi connectivity index (χ0n) is 17.2. The average molecular weight is 429 g/mol. The van der Waals surface area contributed by atoms with Crippen LogP contribution in [0, 0.1) is 0 Å². The third-order valence-corrected chi connectivity index (χ3v) is 7.02. The fraction of sp³-hybridized carbons (Fsp3) is 0.348. The first kappa shape index (κ1) is 22.1. The molecule has 0 radical (unpaired) electrons. The van der Waals surface area contributed by atoms with Gasteiger partial charge in [0, 0.05) is 25.7 Å². The van der Waals surface area contributed by atoms with Gasteiger partial charge in [0.2, 0.25) is 15.9 Å². The standard InChI is InChI=1S/C23H28N2O4S/c1-29-21-12-10-20(18-22(21)30(27,28)25-16-6-3-7-17-25)11-13-23(26)24-15-14-19-8-4-2-5-9-19/h2,4-5,8-13,18H,3,6-7,14-17H2,1H3,(H,24,26)/b13-11+. The van der Waals surface area contributed by atoms with Gasteiger partial charge in [0.25, 0.3) is 0 Å². The molecular formula is C23H28N2O4S. The first-order chi connectivity index (χ1) is 14.5. The molecule has 1 saturated heterocycles. The number of piperidine rings is 1. The number of sulfonamides is 1. The van der Waals surface area contributed by atoms with Gasteiger partial charge < -0.3 is 10.1 Å². The molecule has 1 fully saturated rings. The predicted octanol–water partition coefficient (Wildman–Crippen LogP) is 3.24. The van der Waals surface area contributed by atoms with Crippen LogP contribution >= 0.6 is 0 Å². The van der Waals surface area contributed by atoms with Crippen LogP contribution in [0.3, 0.4) is 0 Å². The highest BCUT2D eigenvalue weighted by Gasteiger charge is 2.28. The number of nitrogens with zero attached hydrogens (tertiary/aromatic N) is 1. The van der Waals surface area contributed by atoms with Crippen molar-refractivity contribution < 1.29 is 17.9 Å². The number of amides is 1. The van der Waals surface area contributed by atoms with Crippen LogP contribution in [0.25, 0.3) is 6.08 Å². The van der Waals surface area contributed by atoms with E-state index in [0.29, 0.717) is 30.9 Å². The van der Waals surface area contributed by atoms with Gasteiger partial charge in [0.15, 0.2) is 0 Å². The number of nitrogens with one attached hydrogen (secondary N) is 1. The minimum absolute atomic E-state index is 0.138. The minimum Gasteiger partial charge on any atom is -0.495 e. The Labute approximate surface area is 178 Å². The summed E-state index contributed by atoms with van der Waals surface area (Å²) in [7, 11) is -2.18. The molecule has 0 saturated carbocycles. The molecule has 0 aromatic heterocycles. The Morgan fingerprint density at radius 2 is 1.83 bits per heavy atom. The van der Waals surface area contributed by atoms with E-state index in [-0.39, 0.29) is 10.8 Å². The van der Waals surface area contributed by atoms with E-state index >= 15 is 0 Å². The lowest BCUT2D eigenvalue weighted by Gasteiger charge is -2.26. The average Bonchev–Trinajstić information content (AvgIpc) is 2.79. The van der Waals surface area contributed by atoms with Gasteiger partial charge in [-0.25, -0.2) is 8.42 Å². The van der Waals surface area contributed by atoms with Gasteiger partial charge in [0.1, 0.15) is 10.6 Å². The molecule has 2 aromatic rings. The van der Waals surface area contributed by atoms with Crippen molar-refractivity contribution in [2.45, 2.75) is 30.6 Å². The number of methoxy groups -OCH3 is 1. The summed E-state index contributed by atoms with van der Waals surface area (Å²) >= 11 is 0. The van der Waals surface area contributed by atoms with Gasteiger partial charge in [-0.2, -0.15) is 4.31 Å². The molecule has 0 aliphatic carbocycles. The zero-order valence-corrected chi connectivity index (χ0v) is 18.0.